The molecule has 2 aromatic heterocycles. The highest BCUT2D eigenvalue weighted by Gasteiger charge is 2.32. The molecule has 0 atom stereocenters. The number of nitrogens with one attached hydrogen (secondary N) is 1. The molecule has 5 rings (SSSR count). The van der Waals surface area contributed by atoms with Crippen LogP contribution in [-0.2, 0) is 9.59 Å². The van der Waals surface area contributed by atoms with Crippen LogP contribution >= 0.6 is 11.6 Å². The van der Waals surface area contributed by atoms with Crippen LogP contribution in [0.25, 0.3) is 11.0 Å². The maximum atomic E-state index is 13.5. The van der Waals surface area contributed by atoms with Crippen molar-refractivity contribution in [1.82, 2.24) is 29.7 Å². The van der Waals surface area contributed by atoms with Gasteiger partial charge in [0.2, 0.25) is 17.8 Å². The number of fused-ring (bicyclic) bond motifs is 1. The van der Waals surface area contributed by atoms with Crippen LogP contribution in [0.1, 0.15) is 12.8 Å². The number of piperazine rings is 1. The third-order valence-corrected chi connectivity index (χ3v) is 6.73. The number of aromatic nitrogens is 4. The van der Waals surface area contributed by atoms with Crippen LogP contribution in [0.4, 0.5) is 21.8 Å². The summed E-state index contributed by atoms with van der Waals surface area (Å²) < 4.78 is 13.5. The van der Waals surface area contributed by atoms with Crippen molar-refractivity contribution in [3.8, 4) is 0 Å². The van der Waals surface area contributed by atoms with Gasteiger partial charge in [0.05, 0.1) is 17.8 Å². The molecular weight excluding hydrogens is 475 g/mol. The van der Waals surface area contributed by atoms with Crippen molar-refractivity contribution in [1.29, 1.82) is 0 Å². The lowest BCUT2D eigenvalue weighted by Gasteiger charge is -2.37. The number of hydrogen-bond donors (Lipinski definition) is 1. The van der Waals surface area contributed by atoms with Crippen LogP contribution in [0, 0.1) is 11.7 Å². The average molecular weight is 499 g/mol. The fourth-order valence-electron chi connectivity index (χ4n) is 4.33. The zero-order valence-electron chi connectivity index (χ0n) is 19.1. The third kappa shape index (κ3) is 4.81. The van der Waals surface area contributed by atoms with E-state index in [1.165, 1.54) is 18.5 Å². The Balaban J connectivity index is 1.29. The van der Waals surface area contributed by atoms with Gasteiger partial charge < -0.3 is 20.0 Å². The molecule has 35 heavy (non-hydrogen) atoms. The number of carbonyl (C=O) groups is 2. The van der Waals surface area contributed by atoms with Crippen molar-refractivity contribution in [2.45, 2.75) is 12.8 Å². The number of piperidine rings is 1. The van der Waals surface area contributed by atoms with Crippen molar-refractivity contribution >= 4 is 51.9 Å². The summed E-state index contributed by atoms with van der Waals surface area (Å²) in [5.74, 6) is 0.367. The molecule has 12 heteroatoms. The Morgan fingerprint density at radius 1 is 1.14 bits per heavy atom. The van der Waals surface area contributed by atoms with Gasteiger partial charge in [0, 0.05) is 44.8 Å². The molecule has 2 fully saturated rings. The summed E-state index contributed by atoms with van der Waals surface area (Å²) in [7, 11) is 1.76. The summed E-state index contributed by atoms with van der Waals surface area (Å²) in [6.45, 7) is 2.53. The Hall–Kier alpha value is -3.60. The number of nitrogens with zero attached hydrogens (tertiary/aromatic N) is 7. The monoisotopic (exact) mass is 498 g/mol. The molecule has 2 amide bonds. The molecule has 182 valence electrons. The van der Waals surface area contributed by atoms with Crippen LogP contribution in [-0.4, -0.2) is 81.3 Å². The first-order valence-corrected chi connectivity index (χ1v) is 11.7. The summed E-state index contributed by atoms with van der Waals surface area (Å²) >= 11 is 5.90. The second-order valence-corrected chi connectivity index (χ2v) is 9.12. The maximum absolute atomic E-state index is 13.5. The number of likely N-dealkylation sites (N-methyl/N-ethyl adjacent to an activating group) is 1. The van der Waals surface area contributed by atoms with E-state index < -0.39 is 5.82 Å². The van der Waals surface area contributed by atoms with E-state index in [9.17, 15) is 14.0 Å². The van der Waals surface area contributed by atoms with E-state index in [1.54, 1.807) is 29.1 Å². The van der Waals surface area contributed by atoms with Crippen molar-refractivity contribution in [2.24, 2.45) is 5.92 Å². The minimum absolute atomic E-state index is 0.00188. The highest BCUT2D eigenvalue weighted by molar-refractivity contribution is 6.31. The molecular formula is C23H24ClFN8O2. The van der Waals surface area contributed by atoms with Gasteiger partial charge in [-0.3, -0.25) is 9.59 Å². The molecule has 0 spiro atoms. The summed E-state index contributed by atoms with van der Waals surface area (Å²) in [6, 6.07) is 4.31. The van der Waals surface area contributed by atoms with Crippen molar-refractivity contribution in [3.63, 3.8) is 0 Å². The lowest BCUT2D eigenvalue weighted by molar-refractivity contribution is -0.147. The van der Waals surface area contributed by atoms with Gasteiger partial charge in [-0.1, -0.05) is 11.6 Å². The number of benzene rings is 1. The zero-order chi connectivity index (χ0) is 24.5. The highest BCUT2D eigenvalue weighted by Crippen LogP contribution is 2.27. The predicted molar refractivity (Wildman–Crippen MR) is 129 cm³/mol. The molecule has 4 heterocycles. The number of anilines is 3. The Morgan fingerprint density at radius 3 is 2.69 bits per heavy atom. The predicted octanol–water partition coefficient (Wildman–Crippen LogP) is 2.47. The van der Waals surface area contributed by atoms with Gasteiger partial charge >= 0.3 is 0 Å². The molecule has 2 saturated heterocycles. The molecule has 0 saturated carbocycles. The topological polar surface area (TPSA) is 107 Å². The molecule has 0 unspecified atom stereocenters. The smallest absolute Gasteiger partial charge is 0.241 e. The van der Waals surface area contributed by atoms with E-state index >= 15 is 0 Å². The first-order valence-electron chi connectivity index (χ1n) is 11.4. The second-order valence-electron chi connectivity index (χ2n) is 8.72. The minimum Gasteiger partial charge on any atom is -0.342 e. The van der Waals surface area contributed by atoms with Crippen molar-refractivity contribution in [3.05, 3.63) is 41.6 Å². The van der Waals surface area contributed by atoms with E-state index in [0.717, 1.165) is 0 Å². The van der Waals surface area contributed by atoms with Crippen molar-refractivity contribution < 1.29 is 14.0 Å². The Labute approximate surface area is 206 Å². The number of rotatable bonds is 4. The molecule has 0 bridgehead atoms. The molecule has 2 aliphatic heterocycles. The summed E-state index contributed by atoms with van der Waals surface area (Å²) in [5.41, 5.74) is 1.65. The highest BCUT2D eigenvalue weighted by atomic mass is 35.5. The van der Waals surface area contributed by atoms with E-state index in [0.29, 0.717) is 67.5 Å². The molecule has 0 aliphatic carbocycles. The summed E-state index contributed by atoms with van der Waals surface area (Å²) in [4.78, 5) is 48.0. The van der Waals surface area contributed by atoms with E-state index in [2.05, 4.69) is 25.3 Å². The van der Waals surface area contributed by atoms with Crippen LogP contribution in [0.3, 0.4) is 0 Å². The Morgan fingerprint density at radius 2 is 1.94 bits per heavy atom. The van der Waals surface area contributed by atoms with Gasteiger partial charge in [-0.2, -0.15) is 0 Å². The number of amides is 2. The SMILES string of the molecule is CN1CCN(C(=O)C2CCN(c3ncc4ncnc(Nc5ccc(F)c(Cl)c5)c4n3)CC2)CC1=O. The van der Waals surface area contributed by atoms with Gasteiger partial charge in [0.1, 0.15) is 23.2 Å². The standard InChI is InChI=1S/C23H24ClFN8O2/c1-31-8-9-33(12-19(31)34)22(35)14-4-6-32(7-5-14)23-26-11-18-20(30-23)21(28-13-27-18)29-15-2-3-17(25)16(24)10-15/h2-3,10-11,13-14H,4-9,12H2,1H3,(H,27,28,29). The fraction of sp³-hybridized carbons (Fsp3) is 0.391. The van der Waals surface area contributed by atoms with Gasteiger partial charge in [-0.25, -0.2) is 24.3 Å². The third-order valence-electron chi connectivity index (χ3n) is 6.44. The molecule has 1 aromatic carbocycles. The fourth-order valence-corrected chi connectivity index (χ4v) is 4.51. The van der Waals surface area contributed by atoms with Gasteiger partial charge in [-0.15, -0.1) is 0 Å². The lowest BCUT2D eigenvalue weighted by atomic mass is 9.95. The second kappa shape index (κ2) is 9.57. The Bertz CT molecular complexity index is 1280. The molecule has 2 aliphatic rings. The van der Waals surface area contributed by atoms with Crippen LogP contribution < -0.4 is 10.2 Å². The quantitative estimate of drug-likeness (QED) is 0.584. The van der Waals surface area contributed by atoms with E-state index in [1.807, 2.05) is 4.90 Å². The van der Waals surface area contributed by atoms with Gasteiger partial charge in [0.25, 0.3) is 0 Å². The zero-order valence-corrected chi connectivity index (χ0v) is 19.9. The molecule has 0 radical (unpaired) electrons. The molecule has 1 N–H and O–H groups in total. The Kier molecular flexibility index (Phi) is 6.33. The van der Waals surface area contributed by atoms with Crippen LogP contribution in [0.15, 0.2) is 30.7 Å². The average Bonchev–Trinajstić information content (AvgIpc) is 2.87. The number of hydrogen-bond acceptors (Lipinski definition) is 8. The summed E-state index contributed by atoms with van der Waals surface area (Å²) in [5, 5.41) is 3.12. The number of halogens is 2. The van der Waals surface area contributed by atoms with Gasteiger partial charge in [-0.05, 0) is 31.0 Å². The maximum Gasteiger partial charge on any atom is 0.241 e. The lowest BCUT2D eigenvalue weighted by Crippen LogP contribution is -2.53. The van der Waals surface area contributed by atoms with Crippen molar-refractivity contribution in [2.75, 3.05) is 50.0 Å². The number of carbonyl (C=O) groups excluding carboxylic acids is 2. The normalized spacial score (nSPS) is 17.2. The summed E-state index contributed by atoms with van der Waals surface area (Å²) in [6.07, 6.45) is 4.35. The first-order chi connectivity index (χ1) is 16.9. The van der Waals surface area contributed by atoms with E-state index in [4.69, 9.17) is 11.6 Å². The van der Waals surface area contributed by atoms with Gasteiger partial charge in [0.15, 0.2) is 5.82 Å². The van der Waals surface area contributed by atoms with E-state index in [-0.39, 0.29) is 29.3 Å². The largest absolute Gasteiger partial charge is 0.342 e. The molecule has 10 nitrogen and oxygen atoms in total. The van der Waals surface area contributed by atoms with Crippen LogP contribution in [0.5, 0.6) is 0 Å². The van der Waals surface area contributed by atoms with Crippen LogP contribution in [0.2, 0.25) is 5.02 Å². The first kappa shape index (κ1) is 23.2. The minimum atomic E-state index is -0.504. The molecule has 3 aromatic rings.